The molecule has 1 fully saturated rings. The maximum Gasteiger partial charge on any atom is 0.262 e. The highest BCUT2D eigenvalue weighted by Crippen LogP contribution is 2.33. The van der Waals surface area contributed by atoms with Gasteiger partial charge < -0.3 is 9.80 Å². The van der Waals surface area contributed by atoms with E-state index in [-0.39, 0.29) is 18.0 Å². The molecule has 0 aromatic carbocycles. The van der Waals surface area contributed by atoms with E-state index in [9.17, 15) is 9.59 Å². The van der Waals surface area contributed by atoms with Crippen molar-refractivity contribution in [2.75, 3.05) is 33.2 Å². The van der Waals surface area contributed by atoms with Crippen molar-refractivity contribution in [3.05, 3.63) is 27.1 Å². The molecule has 1 aliphatic heterocycles. The fourth-order valence-electron chi connectivity index (χ4n) is 3.60. The summed E-state index contributed by atoms with van der Waals surface area (Å²) in [5.74, 6) is 0.00967. The molecule has 2 aromatic heterocycles. The predicted octanol–water partition coefficient (Wildman–Crippen LogP) is 1.11. The van der Waals surface area contributed by atoms with Crippen molar-refractivity contribution in [2.45, 2.75) is 32.2 Å². The maximum atomic E-state index is 12.9. The van der Waals surface area contributed by atoms with Crippen LogP contribution in [0.4, 0.5) is 0 Å². The molecule has 0 atom stereocenters. The number of nitrogens with zero attached hydrogens (tertiary/aromatic N) is 4. The van der Waals surface area contributed by atoms with Gasteiger partial charge in [-0.05, 0) is 38.3 Å². The molecule has 1 saturated heterocycles. The number of thiophene rings is 1. The smallest absolute Gasteiger partial charge is 0.262 e. The van der Waals surface area contributed by atoms with E-state index in [0.717, 1.165) is 55.7 Å². The highest BCUT2D eigenvalue weighted by atomic mass is 32.1. The molecule has 0 N–H and O–H groups in total. The van der Waals surface area contributed by atoms with Crippen molar-refractivity contribution in [1.29, 1.82) is 0 Å². The van der Waals surface area contributed by atoms with E-state index < -0.39 is 0 Å². The standard InChI is InChI=1S/C17H22N4O2S/c1-19-6-8-20(9-7-19)14(22)10-21-11-18-16-15(17(21)23)12-4-2-3-5-13(12)24-16/h11H,2-10H2,1H3. The molecule has 1 aliphatic carbocycles. The van der Waals surface area contributed by atoms with E-state index in [2.05, 4.69) is 16.9 Å². The van der Waals surface area contributed by atoms with Crippen molar-refractivity contribution in [1.82, 2.24) is 19.4 Å². The monoisotopic (exact) mass is 346 g/mol. The molecule has 0 spiro atoms. The topological polar surface area (TPSA) is 58.4 Å². The summed E-state index contributed by atoms with van der Waals surface area (Å²) in [6.07, 6.45) is 5.88. The van der Waals surface area contributed by atoms with Crippen LogP contribution in [-0.4, -0.2) is 58.5 Å². The Morgan fingerprint density at radius 2 is 1.96 bits per heavy atom. The van der Waals surface area contributed by atoms with E-state index in [1.165, 1.54) is 21.4 Å². The third kappa shape index (κ3) is 2.75. The molecule has 0 saturated carbocycles. The molecule has 2 aromatic rings. The van der Waals surface area contributed by atoms with Crippen LogP contribution in [0, 0.1) is 0 Å². The normalized spacial score (nSPS) is 18.8. The molecular weight excluding hydrogens is 324 g/mol. The number of aromatic nitrogens is 2. The first kappa shape index (κ1) is 15.8. The van der Waals surface area contributed by atoms with Crippen LogP contribution in [0.15, 0.2) is 11.1 Å². The van der Waals surface area contributed by atoms with Crippen molar-refractivity contribution in [2.24, 2.45) is 0 Å². The minimum atomic E-state index is -0.0538. The molecule has 6 nitrogen and oxygen atoms in total. The highest BCUT2D eigenvalue weighted by molar-refractivity contribution is 7.18. The van der Waals surface area contributed by atoms with Gasteiger partial charge >= 0.3 is 0 Å². The minimum Gasteiger partial charge on any atom is -0.339 e. The summed E-state index contributed by atoms with van der Waals surface area (Å²) >= 11 is 1.64. The van der Waals surface area contributed by atoms with Gasteiger partial charge in [-0.1, -0.05) is 0 Å². The van der Waals surface area contributed by atoms with Gasteiger partial charge in [0, 0.05) is 31.1 Å². The van der Waals surface area contributed by atoms with Crippen LogP contribution in [0.25, 0.3) is 10.2 Å². The molecule has 2 aliphatic rings. The SMILES string of the molecule is CN1CCN(C(=O)Cn2cnc3sc4c(c3c2=O)CCCC4)CC1. The van der Waals surface area contributed by atoms with E-state index in [4.69, 9.17) is 0 Å². The number of amides is 1. The Morgan fingerprint density at radius 3 is 2.75 bits per heavy atom. The van der Waals surface area contributed by atoms with Gasteiger partial charge in [-0.25, -0.2) is 4.98 Å². The second kappa shape index (κ2) is 6.29. The average molecular weight is 346 g/mol. The van der Waals surface area contributed by atoms with Crippen LogP contribution in [0.5, 0.6) is 0 Å². The minimum absolute atomic E-state index is 0.00967. The first-order valence-corrected chi connectivity index (χ1v) is 9.41. The summed E-state index contributed by atoms with van der Waals surface area (Å²) in [4.78, 5) is 36.0. The Hall–Kier alpha value is -1.73. The highest BCUT2D eigenvalue weighted by Gasteiger charge is 2.22. The lowest BCUT2D eigenvalue weighted by Gasteiger charge is -2.32. The second-order valence-electron chi connectivity index (χ2n) is 6.75. The summed E-state index contributed by atoms with van der Waals surface area (Å²) in [5.41, 5.74) is 1.13. The molecule has 7 heteroatoms. The third-order valence-electron chi connectivity index (χ3n) is 5.10. The van der Waals surface area contributed by atoms with Crippen LogP contribution in [0.2, 0.25) is 0 Å². The van der Waals surface area contributed by atoms with Crippen molar-refractivity contribution >= 4 is 27.5 Å². The Bertz CT molecular complexity index is 833. The van der Waals surface area contributed by atoms with E-state index in [1.807, 2.05) is 4.90 Å². The summed E-state index contributed by atoms with van der Waals surface area (Å²) in [6, 6.07) is 0. The Kier molecular flexibility index (Phi) is 4.14. The quantitative estimate of drug-likeness (QED) is 0.817. The fourth-order valence-corrected chi connectivity index (χ4v) is 4.81. The summed E-state index contributed by atoms with van der Waals surface area (Å²) < 4.78 is 1.49. The van der Waals surface area contributed by atoms with Gasteiger partial charge in [0.05, 0.1) is 11.7 Å². The van der Waals surface area contributed by atoms with Gasteiger partial charge in [0.2, 0.25) is 5.91 Å². The molecule has 0 radical (unpaired) electrons. The van der Waals surface area contributed by atoms with Crippen LogP contribution in [0.1, 0.15) is 23.3 Å². The zero-order valence-electron chi connectivity index (χ0n) is 14.0. The lowest BCUT2D eigenvalue weighted by molar-refractivity contribution is -0.133. The second-order valence-corrected chi connectivity index (χ2v) is 7.84. The number of likely N-dealkylation sites (N-methyl/N-ethyl adjacent to an activating group) is 1. The Morgan fingerprint density at radius 1 is 1.21 bits per heavy atom. The van der Waals surface area contributed by atoms with E-state index >= 15 is 0 Å². The number of hydrogen-bond acceptors (Lipinski definition) is 5. The molecule has 3 heterocycles. The Balaban J connectivity index is 1.62. The largest absolute Gasteiger partial charge is 0.339 e. The summed E-state index contributed by atoms with van der Waals surface area (Å²) in [6.45, 7) is 3.32. The van der Waals surface area contributed by atoms with Gasteiger partial charge in [-0.3, -0.25) is 14.2 Å². The predicted molar refractivity (Wildman–Crippen MR) is 94.6 cm³/mol. The van der Waals surface area contributed by atoms with Crippen molar-refractivity contribution < 1.29 is 4.79 Å². The summed E-state index contributed by atoms with van der Waals surface area (Å²) in [5, 5.41) is 0.753. The lowest BCUT2D eigenvalue weighted by atomic mass is 9.97. The number of carbonyl (C=O) groups excluding carboxylic acids is 1. The number of piperazine rings is 1. The molecule has 0 bridgehead atoms. The average Bonchev–Trinajstić information content (AvgIpc) is 2.97. The zero-order chi connectivity index (χ0) is 16.7. The molecule has 24 heavy (non-hydrogen) atoms. The maximum absolute atomic E-state index is 12.9. The van der Waals surface area contributed by atoms with E-state index in [0.29, 0.717) is 0 Å². The van der Waals surface area contributed by atoms with Gasteiger partial charge in [0.15, 0.2) is 0 Å². The lowest BCUT2D eigenvalue weighted by Crippen LogP contribution is -2.48. The zero-order valence-corrected chi connectivity index (χ0v) is 14.8. The molecule has 128 valence electrons. The van der Waals surface area contributed by atoms with E-state index in [1.54, 1.807) is 17.7 Å². The molecule has 1 amide bonds. The molecule has 4 rings (SSSR count). The van der Waals surface area contributed by atoms with Crippen LogP contribution >= 0.6 is 11.3 Å². The number of hydrogen-bond donors (Lipinski definition) is 0. The number of aryl methyl sites for hydroxylation is 2. The number of fused-ring (bicyclic) bond motifs is 3. The number of rotatable bonds is 2. The summed E-state index contributed by atoms with van der Waals surface area (Å²) in [7, 11) is 2.06. The molecular formula is C17H22N4O2S. The van der Waals surface area contributed by atoms with Gasteiger partial charge in [-0.15, -0.1) is 11.3 Å². The van der Waals surface area contributed by atoms with Crippen LogP contribution in [0.3, 0.4) is 0 Å². The van der Waals surface area contributed by atoms with Crippen molar-refractivity contribution in [3.8, 4) is 0 Å². The van der Waals surface area contributed by atoms with Crippen molar-refractivity contribution in [3.63, 3.8) is 0 Å². The Labute approximate surface area is 144 Å². The van der Waals surface area contributed by atoms with Gasteiger partial charge in [0.1, 0.15) is 11.4 Å². The number of carbonyl (C=O) groups is 1. The van der Waals surface area contributed by atoms with Crippen LogP contribution in [-0.2, 0) is 24.2 Å². The van der Waals surface area contributed by atoms with Crippen LogP contribution < -0.4 is 5.56 Å². The third-order valence-corrected chi connectivity index (χ3v) is 6.30. The van der Waals surface area contributed by atoms with Gasteiger partial charge in [-0.2, -0.15) is 0 Å². The molecule has 0 unspecified atom stereocenters. The van der Waals surface area contributed by atoms with Gasteiger partial charge in [0.25, 0.3) is 5.56 Å². The first-order valence-electron chi connectivity index (χ1n) is 8.59. The first-order chi connectivity index (χ1) is 11.6. The fraction of sp³-hybridized carbons (Fsp3) is 0.588.